The lowest BCUT2D eigenvalue weighted by atomic mass is 9.76. The van der Waals surface area contributed by atoms with E-state index in [1.807, 2.05) is 0 Å². The molecule has 0 bridgehead atoms. The third kappa shape index (κ3) is 1.96. The molecule has 1 rings (SSSR count). The average Bonchev–Trinajstić information content (AvgIpc) is 1.84. The Kier molecular flexibility index (Phi) is 3.16. The van der Waals surface area contributed by atoms with Gasteiger partial charge in [0.05, 0.1) is 0 Å². The third-order valence-corrected chi connectivity index (χ3v) is 2.14. The zero-order valence-corrected chi connectivity index (χ0v) is 6.80. The molecule has 1 aliphatic rings. The van der Waals surface area contributed by atoms with Crippen molar-refractivity contribution in [3.05, 3.63) is 0 Å². The zero-order chi connectivity index (χ0) is 7.40. The van der Waals surface area contributed by atoms with E-state index in [-0.39, 0.29) is 0 Å². The molecule has 0 heterocycles. The Morgan fingerprint density at radius 3 is 1.70 bits per heavy atom. The molecule has 1 fully saturated rings. The van der Waals surface area contributed by atoms with Crippen molar-refractivity contribution in [2.45, 2.75) is 12.8 Å². The Hall–Kier alpha value is -0.0800. The minimum absolute atomic E-state index is 0.810. The summed E-state index contributed by atoms with van der Waals surface area (Å²) in [6.07, 6.45) is 2.59. The molecule has 0 radical (unpaired) electrons. The summed E-state index contributed by atoms with van der Waals surface area (Å²) in [5, 5.41) is 0. The van der Waals surface area contributed by atoms with Gasteiger partial charge in [-0.1, -0.05) is 0 Å². The molecule has 0 aromatic rings. The predicted molar refractivity (Wildman–Crippen MR) is 40.0 cm³/mol. The minimum atomic E-state index is 0.810. The molecule has 0 aromatic carbocycles. The van der Waals surface area contributed by atoms with Crippen molar-refractivity contribution < 1.29 is 9.47 Å². The van der Waals surface area contributed by atoms with Gasteiger partial charge in [0.1, 0.15) is 0 Å². The topological polar surface area (TPSA) is 18.5 Å². The Labute approximate surface area is 62.5 Å². The standard InChI is InChI=1S/C8H16O2/c1-9-5-7-3-8(4-7)6-10-2/h7-8H,3-6H2,1-2H3. The first kappa shape index (κ1) is 8.02. The highest BCUT2D eigenvalue weighted by Crippen LogP contribution is 2.33. The van der Waals surface area contributed by atoms with Crippen LogP contribution >= 0.6 is 0 Å². The maximum absolute atomic E-state index is 5.03. The van der Waals surface area contributed by atoms with Crippen LogP contribution in [0, 0.1) is 11.8 Å². The van der Waals surface area contributed by atoms with Gasteiger partial charge >= 0.3 is 0 Å². The molecule has 0 N–H and O–H groups in total. The van der Waals surface area contributed by atoms with Crippen LogP contribution in [0.4, 0.5) is 0 Å². The molecule has 0 amide bonds. The molecule has 60 valence electrons. The van der Waals surface area contributed by atoms with E-state index < -0.39 is 0 Å². The molecule has 0 atom stereocenters. The summed E-state index contributed by atoms with van der Waals surface area (Å²) < 4.78 is 10.1. The molecular weight excluding hydrogens is 128 g/mol. The van der Waals surface area contributed by atoms with Gasteiger partial charge in [0.25, 0.3) is 0 Å². The molecule has 1 saturated carbocycles. The summed E-state index contributed by atoms with van der Waals surface area (Å²) in [5.41, 5.74) is 0. The van der Waals surface area contributed by atoms with Crippen molar-refractivity contribution >= 4 is 0 Å². The lowest BCUT2D eigenvalue weighted by Gasteiger charge is -2.34. The summed E-state index contributed by atoms with van der Waals surface area (Å²) in [4.78, 5) is 0. The molecule has 0 saturated heterocycles. The smallest absolute Gasteiger partial charge is 0.0490 e. The number of rotatable bonds is 4. The zero-order valence-electron chi connectivity index (χ0n) is 6.80. The van der Waals surface area contributed by atoms with Gasteiger partial charge in [-0.25, -0.2) is 0 Å². The predicted octanol–water partition coefficient (Wildman–Crippen LogP) is 1.31. The molecule has 1 aliphatic carbocycles. The van der Waals surface area contributed by atoms with Crippen LogP contribution in [-0.2, 0) is 9.47 Å². The molecule has 0 aromatic heterocycles. The van der Waals surface area contributed by atoms with Gasteiger partial charge in [-0.15, -0.1) is 0 Å². The van der Waals surface area contributed by atoms with Gasteiger partial charge < -0.3 is 9.47 Å². The highest BCUT2D eigenvalue weighted by Gasteiger charge is 2.28. The van der Waals surface area contributed by atoms with Crippen molar-refractivity contribution in [1.29, 1.82) is 0 Å². The lowest BCUT2D eigenvalue weighted by molar-refractivity contribution is 0.0304. The second-order valence-corrected chi connectivity index (χ2v) is 3.11. The molecule has 0 unspecified atom stereocenters. The van der Waals surface area contributed by atoms with Crippen molar-refractivity contribution in [1.82, 2.24) is 0 Å². The molecule has 2 heteroatoms. The van der Waals surface area contributed by atoms with Crippen molar-refractivity contribution in [3.63, 3.8) is 0 Å². The molecule has 10 heavy (non-hydrogen) atoms. The fourth-order valence-electron chi connectivity index (χ4n) is 1.62. The fourth-order valence-corrected chi connectivity index (χ4v) is 1.62. The average molecular weight is 144 g/mol. The van der Waals surface area contributed by atoms with E-state index in [9.17, 15) is 0 Å². The highest BCUT2D eigenvalue weighted by atomic mass is 16.5. The van der Waals surface area contributed by atoms with Gasteiger partial charge in [-0.3, -0.25) is 0 Å². The quantitative estimate of drug-likeness (QED) is 0.592. The van der Waals surface area contributed by atoms with Crippen molar-refractivity contribution in [2.75, 3.05) is 27.4 Å². The van der Waals surface area contributed by atoms with Gasteiger partial charge in [0, 0.05) is 27.4 Å². The third-order valence-electron chi connectivity index (χ3n) is 2.14. The monoisotopic (exact) mass is 144 g/mol. The molecule has 0 aliphatic heterocycles. The van der Waals surface area contributed by atoms with Crippen LogP contribution < -0.4 is 0 Å². The van der Waals surface area contributed by atoms with Crippen molar-refractivity contribution in [3.8, 4) is 0 Å². The SMILES string of the molecule is COCC1CC(COC)C1. The van der Waals surface area contributed by atoms with Crippen molar-refractivity contribution in [2.24, 2.45) is 11.8 Å². The summed E-state index contributed by atoms with van der Waals surface area (Å²) >= 11 is 0. The number of hydrogen-bond donors (Lipinski definition) is 0. The first-order valence-electron chi connectivity index (χ1n) is 3.84. The second kappa shape index (κ2) is 3.94. The number of ether oxygens (including phenoxy) is 2. The summed E-state index contributed by atoms with van der Waals surface area (Å²) in [6.45, 7) is 1.86. The van der Waals surface area contributed by atoms with Gasteiger partial charge in [-0.05, 0) is 24.7 Å². The van der Waals surface area contributed by atoms with Gasteiger partial charge in [0.15, 0.2) is 0 Å². The van der Waals surface area contributed by atoms with E-state index in [1.165, 1.54) is 12.8 Å². The van der Waals surface area contributed by atoms with Gasteiger partial charge in [-0.2, -0.15) is 0 Å². The second-order valence-electron chi connectivity index (χ2n) is 3.11. The van der Waals surface area contributed by atoms with E-state index >= 15 is 0 Å². The largest absolute Gasteiger partial charge is 0.384 e. The first-order valence-corrected chi connectivity index (χ1v) is 3.84. The lowest BCUT2D eigenvalue weighted by Crippen LogP contribution is -2.29. The van der Waals surface area contributed by atoms with E-state index in [1.54, 1.807) is 14.2 Å². The number of hydrogen-bond acceptors (Lipinski definition) is 2. The highest BCUT2D eigenvalue weighted by molar-refractivity contribution is 4.78. The summed E-state index contributed by atoms with van der Waals surface area (Å²) in [6, 6.07) is 0. The Morgan fingerprint density at radius 1 is 1.00 bits per heavy atom. The van der Waals surface area contributed by atoms with E-state index in [2.05, 4.69) is 0 Å². The Balaban J connectivity index is 1.95. The van der Waals surface area contributed by atoms with Crippen LogP contribution in [0.25, 0.3) is 0 Å². The Morgan fingerprint density at radius 2 is 1.40 bits per heavy atom. The van der Waals surface area contributed by atoms with E-state index in [4.69, 9.17) is 9.47 Å². The molecular formula is C8H16O2. The summed E-state index contributed by atoms with van der Waals surface area (Å²) in [5.74, 6) is 1.62. The minimum Gasteiger partial charge on any atom is -0.384 e. The summed E-state index contributed by atoms with van der Waals surface area (Å²) in [7, 11) is 3.54. The van der Waals surface area contributed by atoms with Crippen LogP contribution in [0.15, 0.2) is 0 Å². The number of methoxy groups -OCH3 is 2. The van der Waals surface area contributed by atoms with E-state index in [0.29, 0.717) is 0 Å². The maximum atomic E-state index is 5.03. The van der Waals surface area contributed by atoms with Crippen LogP contribution in [0.5, 0.6) is 0 Å². The molecule has 0 spiro atoms. The fraction of sp³-hybridized carbons (Fsp3) is 1.00. The van der Waals surface area contributed by atoms with Crippen LogP contribution in [0.1, 0.15) is 12.8 Å². The normalized spacial score (nSPS) is 31.8. The van der Waals surface area contributed by atoms with Crippen LogP contribution in [0.3, 0.4) is 0 Å². The Bertz CT molecular complexity index is 77.3. The first-order chi connectivity index (χ1) is 4.86. The van der Waals surface area contributed by atoms with Crippen LogP contribution in [0.2, 0.25) is 0 Å². The van der Waals surface area contributed by atoms with Crippen LogP contribution in [-0.4, -0.2) is 27.4 Å². The van der Waals surface area contributed by atoms with E-state index in [0.717, 1.165) is 25.0 Å². The molecule has 2 nitrogen and oxygen atoms in total. The maximum Gasteiger partial charge on any atom is 0.0490 e. The van der Waals surface area contributed by atoms with Gasteiger partial charge in [0.2, 0.25) is 0 Å².